The first kappa shape index (κ1) is 13.8. The van der Waals surface area contributed by atoms with Gasteiger partial charge in [0.25, 0.3) is 0 Å². The van der Waals surface area contributed by atoms with Crippen LogP contribution in [0.1, 0.15) is 40.0 Å². The van der Waals surface area contributed by atoms with Gasteiger partial charge in [0.15, 0.2) is 0 Å². The Bertz CT molecular complexity index is 414. The summed E-state index contributed by atoms with van der Waals surface area (Å²) in [4.78, 5) is 14.9. The number of anilines is 3. The van der Waals surface area contributed by atoms with Gasteiger partial charge in [-0.3, -0.25) is 0 Å². The van der Waals surface area contributed by atoms with E-state index in [0.717, 1.165) is 19.0 Å². The first-order valence-electron chi connectivity index (χ1n) is 7.17. The molecular weight excluding hydrogens is 240 g/mol. The fourth-order valence-electron chi connectivity index (χ4n) is 2.35. The van der Waals surface area contributed by atoms with Crippen LogP contribution in [0.2, 0.25) is 0 Å². The standard InChI is InChI=1S/C13H24N6/c1-4-19(5-2)13-17-11(14)16-12(18-13)15-9(3)10-7-6-8-10/h9-10H,4-8H2,1-3H3,(H3,14,15,16,17,18). The Hall–Kier alpha value is -1.59. The number of nitrogen functional groups attached to an aromatic ring is 1. The maximum absolute atomic E-state index is 5.78. The minimum Gasteiger partial charge on any atom is -0.368 e. The fourth-order valence-corrected chi connectivity index (χ4v) is 2.35. The molecule has 6 nitrogen and oxygen atoms in total. The lowest BCUT2D eigenvalue weighted by atomic mass is 9.80. The lowest BCUT2D eigenvalue weighted by Crippen LogP contribution is -2.32. The van der Waals surface area contributed by atoms with Gasteiger partial charge in [-0.15, -0.1) is 0 Å². The van der Waals surface area contributed by atoms with Crippen LogP contribution in [-0.4, -0.2) is 34.1 Å². The topological polar surface area (TPSA) is 80.0 Å². The Morgan fingerprint density at radius 2 is 1.95 bits per heavy atom. The molecule has 0 amide bonds. The molecule has 0 radical (unpaired) electrons. The van der Waals surface area contributed by atoms with Crippen molar-refractivity contribution < 1.29 is 0 Å². The van der Waals surface area contributed by atoms with Crippen molar-refractivity contribution in [3.8, 4) is 0 Å². The van der Waals surface area contributed by atoms with Crippen molar-refractivity contribution in [2.75, 3.05) is 29.0 Å². The second-order valence-electron chi connectivity index (χ2n) is 5.11. The van der Waals surface area contributed by atoms with Crippen molar-refractivity contribution in [2.45, 2.75) is 46.1 Å². The second-order valence-corrected chi connectivity index (χ2v) is 5.11. The molecule has 3 N–H and O–H groups in total. The Kier molecular flexibility index (Phi) is 4.39. The van der Waals surface area contributed by atoms with Crippen LogP contribution in [-0.2, 0) is 0 Å². The molecule has 1 heterocycles. The molecule has 0 aromatic carbocycles. The Morgan fingerprint density at radius 3 is 2.47 bits per heavy atom. The van der Waals surface area contributed by atoms with Crippen molar-refractivity contribution >= 4 is 17.8 Å². The lowest BCUT2D eigenvalue weighted by Gasteiger charge is -2.32. The molecule has 1 saturated carbocycles. The highest BCUT2D eigenvalue weighted by atomic mass is 15.3. The van der Waals surface area contributed by atoms with Gasteiger partial charge in [0.1, 0.15) is 0 Å². The van der Waals surface area contributed by atoms with E-state index in [-0.39, 0.29) is 5.95 Å². The third-order valence-electron chi connectivity index (χ3n) is 3.90. The van der Waals surface area contributed by atoms with E-state index in [1.165, 1.54) is 19.3 Å². The summed E-state index contributed by atoms with van der Waals surface area (Å²) in [7, 11) is 0. The number of hydrogen-bond acceptors (Lipinski definition) is 6. The molecule has 1 aromatic heterocycles. The van der Waals surface area contributed by atoms with Gasteiger partial charge >= 0.3 is 0 Å². The summed E-state index contributed by atoms with van der Waals surface area (Å²) in [6.07, 6.45) is 3.91. The van der Waals surface area contributed by atoms with E-state index in [4.69, 9.17) is 5.73 Å². The van der Waals surface area contributed by atoms with Gasteiger partial charge in [0.05, 0.1) is 0 Å². The van der Waals surface area contributed by atoms with Crippen LogP contribution in [0, 0.1) is 5.92 Å². The van der Waals surface area contributed by atoms with E-state index >= 15 is 0 Å². The van der Waals surface area contributed by atoms with Crippen molar-refractivity contribution in [2.24, 2.45) is 5.92 Å². The first-order chi connectivity index (χ1) is 9.13. The van der Waals surface area contributed by atoms with E-state index in [1.807, 2.05) is 0 Å². The SMILES string of the molecule is CCN(CC)c1nc(N)nc(NC(C)C2CCC2)n1. The highest BCUT2D eigenvalue weighted by Gasteiger charge is 2.24. The van der Waals surface area contributed by atoms with Gasteiger partial charge in [-0.2, -0.15) is 15.0 Å². The largest absolute Gasteiger partial charge is 0.368 e. The van der Waals surface area contributed by atoms with Crippen LogP contribution in [0.3, 0.4) is 0 Å². The van der Waals surface area contributed by atoms with Crippen LogP contribution in [0.5, 0.6) is 0 Å². The smallest absolute Gasteiger partial charge is 0.231 e. The molecule has 1 fully saturated rings. The fraction of sp³-hybridized carbons (Fsp3) is 0.769. The van der Waals surface area contributed by atoms with Crippen LogP contribution in [0.15, 0.2) is 0 Å². The van der Waals surface area contributed by atoms with Crippen molar-refractivity contribution in [3.63, 3.8) is 0 Å². The Morgan fingerprint density at radius 1 is 1.26 bits per heavy atom. The van der Waals surface area contributed by atoms with Crippen molar-refractivity contribution in [3.05, 3.63) is 0 Å². The van der Waals surface area contributed by atoms with Crippen LogP contribution in [0.4, 0.5) is 17.8 Å². The van der Waals surface area contributed by atoms with Gasteiger partial charge in [0.2, 0.25) is 17.8 Å². The average molecular weight is 264 g/mol. The molecule has 0 aliphatic heterocycles. The normalized spacial score (nSPS) is 16.8. The molecular formula is C13H24N6. The van der Waals surface area contributed by atoms with E-state index in [2.05, 4.69) is 45.9 Å². The molecule has 6 heteroatoms. The van der Waals surface area contributed by atoms with E-state index in [9.17, 15) is 0 Å². The zero-order chi connectivity index (χ0) is 13.8. The minimum absolute atomic E-state index is 0.278. The average Bonchev–Trinajstić information content (AvgIpc) is 2.27. The Labute approximate surface area is 114 Å². The van der Waals surface area contributed by atoms with Gasteiger partial charge in [-0.1, -0.05) is 6.42 Å². The molecule has 1 atom stereocenters. The molecule has 2 rings (SSSR count). The number of nitrogens with two attached hydrogens (primary N) is 1. The maximum atomic E-state index is 5.78. The lowest BCUT2D eigenvalue weighted by molar-refractivity contribution is 0.284. The van der Waals surface area contributed by atoms with Gasteiger partial charge in [-0.25, -0.2) is 0 Å². The van der Waals surface area contributed by atoms with Crippen LogP contribution in [0.25, 0.3) is 0 Å². The van der Waals surface area contributed by atoms with Gasteiger partial charge in [0, 0.05) is 19.1 Å². The molecule has 0 spiro atoms. The zero-order valence-corrected chi connectivity index (χ0v) is 12.1. The van der Waals surface area contributed by atoms with E-state index < -0.39 is 0 Å². The predicted molar refractivity (Wildman–Crippen MR) is 78.2 cm³/mol. The molecule has 0 bridgehead atoms. The van der Waals surface area contributed by atoms with Crippen LogP contribution < -0.4 is 16.0 Å². The summed E-state index contributed by atoms with van der Waals surface area (Å²) < 4.78 is 0. The summed E-state index contributed by atoms with van der Waals surface area (Å²) in [5, 5.41) is 3.36. The summed E-state index contributed by atoms with van der Waals surface area (Å²) in [5.74, 6) is 2.25. The highest BCUT2D eigenvalue weighted by molar-refractivity contribution is 5.42. The molecule has 1 unspecified atom stereocenters. The summed E-state index contributed by atoms with van der Waals surface area (Å²) in [6.45, 7) is 8.05. The molecule has 1 aliphatic carbocycles. The number of aromatic nitrogens is 3. The molecule has 0 saturated heterocycles. The number of nitrogens with zero attached hydrogens (tertiary/aromatic N) is 4. The summed E-state index contributed by atoms with van der Waals surface area (Å²) in [5.41, 5.74) is 5.78. The number of hydrogen-bond donors (Lipinski definition) is 2. The number of nitrogens with one attached hydrogen (secondary N) is 1. The first-order valence-corrected chi connectivity index (χ1v) is 7.17. The second kappa shape index (κ2) is 6.04. The van der Waals surface area contributed by atoms with Gasteiger partial charge < -0.3 is 16.0 Å². The van der Waals surface area contributed by atoms with Gasteiger partial charge in [-0.05, 0) is 39.5 Å². The summed E-state index contributed by atoms with van der Waals surface area (Å²) >= 11 is 0. The van der Waals surface area contributed by atoms with Crippen LogP contribution >= 0.6 is 0 Å². The summed E-state index contributed by atoms with van der Waals surface area (Å²) in [6, 6.07) is 0.389. The van der Waals surface area contributed by atoms with Crippen molar-refractivity contribution in [1.29, 1.82) is 0 Å². The highest BCUT2D eigenvalue weighted by Crippen LogP contribution is 2.30. The Balaban J connectivity index is 2.11. The molecule has 1 aromatic rings. The third kappa shape index (κ3) is 3.24. The monoisotopic (exact) mass is 264 g/mol. The maximum Gasteiger partial charge on any atom is 0.231 e. The minimum atomic E-state index is 0.278. The van der Waals surface area contributed by atoms with E-state index in [0.29, 0.717) is 17.9 Å². The molecule has 19 heavy (non-hydrogen) atoms. The quantitative estimate of drug-likeness (QED) is 0.817. The third-order valence-corrected chi connectivity index (χ3v) is 3.90. The molecule has 106 valence electrons. The molecule has 1 aliphatic rings. The predicted octanol–water partition coefficient (Wildman–Crippen LogP) is 1.90. The van der Waals surface area contributed by atoms with E-state index in [1.54, 1.807) is 0 Å². The zero-order valence-electron chi connectivity index (χ0n) is 12.1. The van der Waals surface area contributed by atoms with Crippen molar-refractivity contribution in [1.82, 2.24) is 15.0 Å². The number of rotatable bonds is 6.